The van der Waals surface area contributed by atoms with E-state index in [4.69, 9.17) is 4.74 Å². The molecule has 0 saturated heterocycles. The summed E-state index contributed by atoms with van der Waals surface area (Å²) >= 11 is 0. The smallest absolute Gasteiger partial charge is 0.309 e. The van der Waals surface area contributed by atoms with Crippen molar-refractivity contribution in [2.45, 2.75) is 153 Å². The third-order valence-corrected chi connectivity index (χ3v) is 16.8. The van der Waals surface area contributed by atoms with E-state index >= 15 is 0 Å². The topological polar surface area (TPSA) is 126 Å². The number of esters is 1. The van der Waals surface area contributed by atoms with Crippen LogP contribution in [0.15, 0.2) is 35.5 Å². The fourth-order valence-corrected chi connectivity index (χ4v) is 13.6. The van der Waals surface area contributed by atoms with Crippen LogP contribution in [0.25, 0.3) is 0 Å². The Bertz CT molecular complexity index is 1720. The molecule has 4 fully saturated rings. The number of allylic oxidation sites excluding steroid dienone is 2. The molecule has 5 aliphatic carbocycles. The van der Waals surface area contributed by atoms with E-state index in [2.05, 4.69) is 69.7 Å². The molecule has 310 valence electrons. The van der Waals surface area contributed by atoms with Gasteiger partial charge in [-0.1, -0.05) is 60.1 Å². The summed E-state index contributed by atoms with van der Waals surface area (Å²) in [7, 11) is 0. The third-order valence-electron chi connectivity index (χ3n) is 16.8. The number of amides is 1. The van der Waals surface area contributed by atoms with Crippen molar-refractivity contribution in [1.29, 1.82) is 0 Å². The summed E-state index contributed by atoms with van der Waals surface area (Å²) in [5.74, 6) is 0.399. The number of ketones is 1. The van der Waals surface area contributed by atoms with Crippen molar-refractivity contribution < 1.29 is 29.0 Å². The lowest BCUT2D eigenvalue weighted by Crippen LogP contribution is -2.65. The maximum Gasteiger partial charge on any atom is 0.309 e. The Balaban J connectivity index is 1.26. The van der Waals surface area contributed by atoms with Crippen LogP contribution in [0.3, 0.4) is 0 Å². The quantitative estimate of drug-likeness (QED) is 0.191. The van der Waals surface area contributed by atoms with E-state index in [9.17, 15) is 24.3 Å². The summed E-state index contributed by atoms with van der Waals surface area (Å²) in [4.78, 5) is 58.0. The van der Waals surface area contributed by atoms with Crippen LogP contribution in [0, 0.1) is 56.2 Å². The molecule has 8 atom stereocenters. The molecule has 1 aromatic rings. The lowest BCUT2D eigenvalue weighted by molar-refractivity contribution is -0.233. The van der Waals surface area contributed by atoms with E-state index in [1.807, 2.05) is 18.3 Å². The van der Waals surface area contributed by atoms with Crippen LogP contribution in [-0.2, 0) is 30.5 Å². The van der Waals surface area contributed by atoms with Gasteiger partial charge in [-0.15, -0.1) is 0 Å². The van der Waals surface area contributed by atoms with Gasteiger partial charge in [-0.3, -0.25) is 29.1 Å². The lowest BCUT2D eigenvalue weighted by atomic mass is 9.33. The van der Waals surface area contributed by atoms with E-state index in [1.165, 1.54) is 5.57 Å². The molecule has 1 aromatic heterocycles. The second-order valence-corrected chi connectivity index (χ2v) is 21.0. The Morgan fingerprint density at radius 1 is 0.964 bits per heavy atom. The number of ether oxygens (including phenoxy) is 1. The van der Waals surface area contributed by atoms with Crippen molar-refractivity contribution in [2.24, 2.45) is 56.2 Å². The number of fused-ring (bicyclic) bond motifs is 7. The Morgan fingerprint density at radius 2 is 1.70 bits per heavy atom. The zero-order valence-corrected chi connectivity index (χ0v) is 36.2. The van der Waals surface area contributed by atoms with Gasteiger partial charge in [0, 0.05) is 50.0 Å². The Kier molecular flexibility index (Phi) is 11.6. The summed E-state index contributed by atoms with van der Waals surface area (Å²) in [6, 6.07) is 6.03. The van der Waals surface area contributed by atoms with Crippen LogP contribution >= 0.6 is 0 Å². The maximum absolute atomic E-state index is 14.2. The molecule has 1 heterocycles. The molecule has 0 radical (unpaired) electrons. The number of nitrogens with zero attached hydrogens (tertiary/aromatic N) is 2. The fourth-order valence-electron chi connectivity index (χ4n) is 13.6. The van der Waals surface area contributed by atoms with Gasteiger partial charge in [0.15, 0.2) is 5.78 Å². The first kappa shape index (κ1) is 42.5. The van der Waals surface area contributed by atoms with Crippen molar-refractivity contribution in [3.63, 3.8) is 0 Å². The van der Waals surface area contributed by atoms with Crippen molar-refractivity contribution >= 4 is 23.6 Å². The highest BCUT2D eigenvalue weighted by atomic mass is 16.5. The molecule has 1 amide bonds. The zero-order chi connectivity index (χ0) is 41.1. The first-order chi connectivity index (χ1) is 26.1. The number of carboxylic acids is 1. The Labute approximate surface area is 336 Å². The molecule has 0 aliphatic heterocycles. The van der Waals surface area contributed by atoms with Gasteiger partial charge < -0.3 is 15.2 Å². The van der Waals surface area contributed by atoms with Gasteiger partial charge in [0.05, 0.1) is 17.5 Å². The number of aliphatic carboxylic acids is 1. The number of carbonyl (C=O) groups excluding carboxylic acids is 3. The van der Waals surface area contributed by atoms with Gasteiger partial charge >= 0.3 is 11.9 Å². The highest BCUT2D eigenvalue weighted by Crippen LogP contribution is 2.77. The summed E-state index contributed by atoms with van der Waals surface area (Å²) in [6.07, 6.45) is 11.4. The van der Waals surface area contributed by atoms with Crippen LogP contribution in [-0.4, -0.2) is 64.4 Å². The fraction of sp³-hybridized carbons (Fsp3) is 0.766. The number of hydrogen-bond acceptors (Lipinski definition) is 7. The second-order valence-electron chi connectivity index (χ2n) is 21.0. The van der Waals surface area contributed by atoms with E-state index < -0.39 is 17.4 Å². The molecule has 9 nitrogen and oxygen atoms in total. The average Bonchev–Trinajstić information content (AvgIpc) is 3.41. The minimum atomic E-state index is -1.16. The van der Waals surface area contributed by atoms with Crippen LogP contribution in [0.2, 0.25) is 0 Å². The molecular weight excluding hydrogens is 703 g/mol. The molecular formula is C47H71N3O6. The summed E-state index contributed by atoms with van der Waals surface area (Å²) in [5, 5.41) is 12.6. The van der Waals surface area contributed by atoms with Crippen molar-refractivity contribution in [2.75, 3.05) is 19.6 Å². The molecule has 5 aliphatic rings. The third kappa shape index (κ3) is 7.29. The van der Waals surface area contributed by atoms with Gasteiger partial charge in [0.25, 0.3) is 0 Å². The molecule has 0 aromatic carbocycles. The monoisotopic (exact) mass is 774 g/mol. The molecule has 0 spiro atoms. The van der Waals surface area contributed by atoms with E-state index in [-0.39, 0.29) is 51.4 Å². The van der Waals surface area contributed by atoms with Crippen LogP contribution in [0.5, 0.6) is 0 Å². The highest BCUT2D eigenvalue weighted by Gasteiger charge is 2.70. The predicted octanol–water partition coefficient (Wildman–Crippen LogP) is 8.80. The highest BCUT2D eigenvalue weighted by molar-refractivity contribution is 6.00. The second kappa shape index (κ2) is 15.3. The van der Waals surface area contributed by atoms with Crippen molar-refractivity contribution in [1.82, 2.24) is 15.2 Å². The van der Waals surface area contributed by atoms with E-state index in [0.29, 0.717) is 43.0 Å². The Morgan fingerprint density at radius 3 is 2.34 bits per heavy atom. The number of hydrogen-bond donors (Lipinski definition) is 2. The van der Waals surface area contributed by atoms with Crippen molar-refractivity contribution in [3.8, 4) is 0 Å². The number of rotatable bonds is 13. The normalized spacial score (nSPS) is 35.0. The SMILES string of the molecule is CC(=O)NCCN(CC[C@@]12CC[C@]3(C)[C@H](CCC4[C@@]5(C)CC[C@H](OC(=O)CC(C)(C)C(=O)O)C(C)(C)C5CC[C@]43C)C1=C(C(C)C)C(=O)C2)Cc1ccccn1. The lowest BCUT2D eigenvalue weighted by Gasteiger charge is -2.72. The van der Waals surface area contributed by atoms with Crippen LogP contribution < -0.4 is 5.32 Å². The minimum absolute atomic E-state index is 0.0229. The van der Waals surface area contributed by atoms with E-state index in [1.54, 1.807) is 20.8 Å². The Hall–Kier alpha value is -3.07. The van der Waals surface area contributed by atoms with Gasteiger partial charge in [-0.05, 0) is 136 Å². The number of aromatic nitrogens is 1. The van der Waals surface area contributed by atoms with Crippen LogP contribution in [0.4, 0.5) is 0 Å². The van der Waals surface area contributed by atoms with Gasteiger partial charge in [-0.25, -0.2) is 0 Å². The standard InChI is InChI=1S/C47H71N3O6/c1-30(2)39-34(52)27-47(22-25-50(26-24-48-31(3)51)29-32-13-11-12-23-49-32)21-20-45(9)33(40(39)47)14-15-36-44(8)18-17-37(56-38(53)28-42(4,5)41(54)55)43(6,7)35(44)16-19-46(36,45)10/h11-13,23,30,33,35-37H,14-22,24-29H2,1-10H3,(H,48,51)(H,54,55)/t33-,35?,36?,37+,44+,45-,46-,47-/m1/s1. The average molecular weight is 774 g/mol. The predicted molar refractivity (Wildman–Crippen MR) is 218 cm³/mol. The zero-order valence-electron chi connectivity index (χ0n) is 36.2. The van der Waals surface area contributed by atoms with Crippen LogP contribution in [0.1, 0.15) is 146 Å². The van der Waals surface area contributed by atoms with Crippen molar-refractivity contribution in [3.05, 3.63) is 41.2 Å². The first-order valence-electron chi connectivity index (χ1n) is 21.7. The summed E-state index contributed by atoms with van der Waals surface area (Å²) < 4.78 is 6.20. The number of carbonyl (C=O) groups is 4. The summed E-state index contributed by atoms with van der Waals surface area (Å²) in [5.41, 5.74) is 2.34. The maximum atomic E-state index is 14.2. The molecule has 56 heavy (non-hydrogen) atoms. The van der Waals surface area contributed by atoms with Gasteiger partial charge in [0.1, 0.15) is 6.10 Å². The largest absolute Gasteiger partial charge is 0.481 e. The number of pyridine rings is 1. The number of nitrogens with one attached hydrogen (secondary N) is 1. The molecule has 6 rings (SSSR count). The van der Waals surface area contributed by atoms with E-state index in [0.717, 1.165) is 82.1 Å². The van der Waals surface area contributed by atoms with Gasteiger partial charge in [0.2, 0.25) is 5.91 Å². The number of Topliss-reactive ketones (excluding diaryl/α,β-unsaturated/α-hetero) is 1. The summed E-state index contributed by atoms with van der Waals surface area (Å²) in [6.45, 7) is 24.4. The molecule has 2 N–H and O–H groups in total. The molecule has 4 saturated carbocycles. The molecule has 9 heteroatoms. The minimum Gasteiger partial charge on any atom is -0.481 e. The first-order valence-corrected chi connectivity index (χ1v) is 21.7. The molecule has 2 unspecified atom stereocenters. The molecule has 0 bridgehead atoms. The number of carboxylic acid groups (broad SMARTS) is 1. The van der Waals surface area contributed by atoms with Gasteiger partial charge in [-0.2, -0.15) is 0 Å².